The Hall–Kier alpha value is -3.03. The molecule has 0 bridgehead atoms. The highest BCUT2D eigenvalue weighted by Gasteiger charge is 2.42. The SMILES string of the molecule is O=C1CC2(CCCN(c3nc(Cl)nc4c(F)c(-c5cccc6cccc(Cl)c56)ncc34)C2)CN1. The second-order valence-corrected chi connectivity index (χ2v) is 9.87. The molecule has 0 aliphatic carbocycles. The lowest BCUT2D eigenvalue weighted by molar-refractivity contribution is -0.119. The molecule has 2 saturated heterocycles. The Morgan fingerprint density at radius 2 is 1.94 bits per heavy atom. The van der Waals surface area contributed by atoms with E-state index in [9.17, 15) is 4.79 Å². The molecule has 2 fully saturated rings. The lowest BCUT2D eigenvalue weighted by atomic mass is 9.79. The van der Waals surface area contributed by atoms with Crippen LogP contribution in [0.25, 0.3) is 32.9 Å². The second kappa shape index (κ2) is 8.03. The summed E-state index contributed by atoms with van der Waals surface area (Å²) in [7, 11) is 0. The number of anilines is 1. The van der Waals surface area contributed by atoms with Gasteiger partial charge in [0.15, 0.2) is 5.82 Å². The fourth-order valence-electron chi connectivity index (χ4n) is 5.37. The van der Waals surface area contributed by atoms with Crippen molar-refractivity contribution in [1.82, 2.24) is 20.3 Å². The number of nitrogens with one attached hydrogen (secondary N) is 1. The number of nitrogens with zero attached hydrogens (tertiary/aromatic N) is 4. The third-order valence-electron chi connectivity index (χ3n) is 6.90. The van der Waals surface area contributed by atoms with Crippen molar-refractivity contribution in [2.45, 2.75) is 19.3 Å². The Morgan fingerprint density at radius 3 is 2.74 bits per heavy atom. The number of halogens is 3. The molecule has 0 saturated carbocycles. The summed E-state index contributed by atoms with van der Waals surface area (Å²) in [4.78, 5) is 27.2. The standard InChI is InChI=1S/C25H20Cl2FN5O/c26-17-7-2-5-14-4-1-6-15(19(14)17)21-20(28)22-16(11-29-21)23(32-24(27)31-22)33-9-3-8-25(13-33)10-18(34)30-12-25/h1-2,4-7,11H,3,8-10,12-13H2,(H,30,34). The molecule has 9 heteroatoms. The van der Waals surface area contributed by atoms with Gasteiger partial charge in [0.1, 0.15) is 17.0 Å². The predicted molar refractivity (Wildman–Crippen MR) is 132 cm³/mol. The molecule has 1 atom stereocenters. The van der Waals surface area contributed by atoms with Crippen molar-refractivity contribution in [2.75, 3.05) is 24.5 Å². The van der Waals surface area contributed by atoms with Crippen molar-refractivity contribution in [3.05, 3.63) is 58.7 Å². The maximum atomic E-state index is 16.0. The van der Waals surface area contributed by atoms with Crippen molar-refractivity contribution in [1.29, 1.82) is 0 Å². The van der Waals surface area contributed by atoms with Crippen LogP contribution in [0.15, 0.2) is 42.6 Å². The van der Waals surface area contributed by atoms with E-state index in [1.165, 1.54) is 0 Å². The van der Waals surface area contributed by atoms with Crippen LogP contribution in [0.3, 0.4) is 0 Å². The van der Waals surface area contributed by atoms with E-state index in [-0.39, 0.29) is 27.8 Å². The topological polar surface area (TPSA) is 71.0 Å². The molecular formula is C25H20Cl2FN5O. The van der Waals surface area contributed by atoms with Crippen LogP contribution in [-0.2, 0) is 4.79 Å². The van der Waals surface area contributed by atoms with E-state index in [0.29, 0.717) is 41.3 Å². The average Bonchev–Trinajstić information content (AvgIpc) is 3.18. The molecule has 0 radical (unpaired) electrons. The number of piperidine rings is 1. The predicted octanol–water partition coefficient (Wildman–Crippen LogP) is 5.40. The minimum atomic E-state index is -0.570. The first kappa shape index (κ1) is 21.5. The van der Waals surface area contributed by atoms with Crippen LogP contribution in [0, 0.1) is 11.2 Å². The quantitative estimate of drug-likeness (QED) is 0.377. The molecule has 6 rings (SSSR count). The van der Waals surface area contributed by atoms with Gasteiger partial charge in [-0.2, -0.15) is 4.98 Å². The molecule has 2 aliphatic heterocycles. The van der Waals surface area contributed by atoms with Crippen molar-refractivity contribution in [3.8, 4) is 11.3 Å². The third kappa shape index (κ3) is 3.46. The van der Waals surface area contributed by atoms with E-state index in [1.54, 1.807) is 18.3 Å². The minimum absolute atomic E-state index is 0.0326. The number of pyridine rings is 1. The summed E-state index contributed by atoms with van der Waals surface area (Å²) in [5.41, 5.74) is 0.716. The third-order valence-corrected chi connectivity index (χ3v) is 7.39. The summed E-state index contributed by atoms with van der Waals surface area (Å²) < 4.78 is 16.0. The number of hydrogen-bond donors (Lipinski definition) is 1. The van der Waals surface area contributed by atoms with Crippen molar-refractivity contribution < 1.29 is 9.18 Å². The highest BCUT2D eigenvalue weighted by molar-refractivity contribution is 6.36. The number of amides is 1. The highest BCUT2D eigenvalue weighted by Crippen LogP contribution is 2.40. The number of carbonyl (C=O) groups excluding carboxylic acids is 1. The zero-order valence-corrected chi connectivity index (χ0v) is 19.6. The van der Waals surface area contributed by atoms with Gasteiger partial charge in [-0.25, -0.2) is 9.37 Å². The lowest BCUT2D eigenvalue weighted by Crippen LogP contribution is -2.45. The summed E-state index contributed by atoms with van der Waals surface area (Å²) in [6.07, 6.45) is 3.95. The molecule has 6 nitrogen and oxygen atoms in total. The van der Waals surface area contributed by atoms with Gasteiger partial charge in [0.2, 0.25) is 11.2 Å². The summed E-state index contributed by atoms with van der Waals surface area (Å²) in [6, 6.07) is 11.1. The van der Waals surface area contributed by atoms with Crippen LogP contribution in [0.2, 0.25) is 10.3 Å². The number of hydrogen-bond acceptors (Lipinski definition) is 5. The molecule has 2 aromatic carbocycles. The molecule has 34 heavy (non-hydrogen) atoms. The van der Waals surface area contributed by atoms with E-state index >= 15 is 4.39 Å². The molecule has 2 aromatic heterocycles. The van der Waals surface area contributed by atoms with Gasteiger partial charge in [-0.3, -0.25) is 9.78 Å². The first-order chi connectivity index (χ1) is 16.4. The minimum Gasteiger partial charge on any atom is -0.355 e. The first-order valence-corrected chi connectivity index (χ1v) is 11.9. The van der Waals surface area contributed by atoms with Crippen LogP contribution >= 0.6 is 23.2 Å². The van der Waals surface area contributed by atoms with Gasteiger partial charge >= 0.3 is 0 Å². The molecule has 1 unspecified atom stereocenters. The van der Waals surface area contributed by atoms with Crippen LogP contribution in [-0.4, -0.2) is 40.5 Å². The van der Waals surface area contributed by atoms with Crippen molar-refractivity contribution in [3.63, 3.8) is 0 Å². The largest absolute Gasteiger partial charge is 0.355 e. The first-order valence-electron chi connectivity index (χ1n) is 11.2. The van der Waals surface area contributed by atoms with Crippen LogP contribution < -0.4 is 10.2 Å². The number of fused-ring (bicyclic) bond motifs is 2. The monoisotopic (exact) mass is 495 g/mol. The smallest absolute Gasteiger partial charge is 0.225 e. The molecule has 4 aromatic rings. The van der Waals surface area contributed by atoms with Crippen molar-refractivity contribution >= 4 is 56.6 Å². The summed E-state index contributed by atoms with van der Waals surface area (Å²) in [6.45, 7) is 2.01. The fourth-order valence-corrected chi connectivity index (χ4v) is 5.81. The Kier molecular flexibility index (Phi) is 5.08. The van der Waals surface area contributed by atoms with E-state index < -0.39 is 5.82 Å². The molecule has 1 spiro atoms. The van der Waals surface area contributed by atoms with E-state index in [1.807, 2.05) is 24.3 Å². The van der Waals surface area contributed by atoms with Crippen LogP contribution in [0.5, 0.6) is 0 Å². The second-order valence-electron chi connectivity index (χ2n) is 9.12. The Balaban J connectivity index is 1.49. The molecular weight excluding hydrogens is 476 g/mol. The van der Waals surface area contributed by atoms with Gasteiger partial charge in [-0.1, -0.05) is 41.9 Å². The Labute approximate surface area is 205 Å². The Bertz CT molecular complexity index is 1470. The van der Waals surface area contributed by atoms with Gasteiger partial charge < -0.3 is 10.2 Å². The van der Waals surface area contributed by atoms with Crippen molar-refractivity contribution in [2.24, 2.45) is 5.41 Å². The van der Waals surface area contributed by atoms with E-state index in [4.69, 9.17) is 23.2 Å². The van der Waals surface area contributed by atoms with Gasteiger partial charge in [0.05, 0.1) is 5.39 Å². The van der Waals surface area contributed by atoms with E-state index in [0.717, 1.165) is 30.2 Å². The van der Waals surface area contributed by atoms with Gasteiger partial charge in [-0.15, -0.1) is 0 Å². The molecule has 172 valence electrons. The van der Waals surface area contributed by atoms with Gasteiger partial charge in [0, 0.05) is 53.6 Å². The maximum absolute atomic E-state index is 16.0. The fraction of sp³-hybridized carbons (Fsp3) is 0.280. The molecule has 1 N–H and O–H groups in total. The summed E-state index contributed by atoms with van der Waals surface area (Å²) in [5, 5.41) is 5.55. The zero-order valence-electron chi connectivity index (χ0n) is 18.1. The number of benzene rings is 2. The molecule has 4 heterocycles. The summed E-state index contributed by atoms with van der Waals surface area (Å²) in [5.74, 6) is 0.0424. The van der Waals surface area contributed by atoms with Crippen LogP contribution in [0.1, 0.15) is 19.3 Å². The highest BCUT2D eigenvalue weighted by atomic mass is 35.5. The molecule has 1 amide bonds. The number of carbonyl (C=O) groups is 1. The normalized spacial score (nSPS) is 20.4. The number of rotatable bonds is 2. The van der Waals surface area contributed by atoms with Gasteiger partial charge in [0.25, 0.3) is 0 Å². The number of aromatic nitrogens is 3. The maximum Gasteiger partial charge on any atom is 0.225 e. The van der Waals surface area contributed by atoms with Gasteiger partial charge in [-0.05, 0) is 35.9 Å². The Morgan fingerprint density at radius 1 is 1.12 bits per heavy atom. The molecule has 2 aliphatic rings. The lowest BCUT2D eigenvalue weighted by Gasteiger charge is -2.40. The average molecular weight is 496 g/mol. The summed E-state index contributed by atoms with van der Waals surface area (Å²) >= 11 is 12.8. The van der Waals surface area contributed by atoms with E-state index in [2.05, 4.69) is 25.2 Å². The zero-order chi connectivity index (χ0) is 23.4. The van der Waals surface area contributed by atoms with Crippen LogP contribution in [0.4, 0.5) is 10.2 Å².